The topological polar surface area (TPSA) is 43.1 Å². The highest BCUT2D eigenvalue weighted by Crippen LogP contribution is 2.18. The van der Waals surface area contributed by atoms with E-state index in [1.807, 2.05) is 6.92 Å². The molecule has 0 saturated carbocycles. The maximum Gasteiger partial charge on any atom is 0.176 e. The number of Topliss-reactive ketones (excluding diaryl/α,β-unsaturated/α-hetero) is 1. The fourth-order valence-electron chi connectivity index (χ4n) is 1.02. The van der Waals surface area contributed by atoms with E-state index in [9.17, 15) is 4.79 Å². The van der Waals surface area contributed by atoms with Crippen molar-refractivity contribution in [2.75, 3.05) is 6.54 Å². The molecule has 0 bridgehead atoms. The van der Waals surface area contributed by atoms with Gasteiger partial charge in [0.05, 0.1) is 6.54 Å². The molecule has 0 radical (unpaired) electrons. The van der Waals surface area contributed by atoms with E-state index in [1.165, 1.54) is 0 Å². The molecule has 0 aromatic heterocycles. The molecule has 12 heavy (non-hydrogen) atoms. The minimum absolute atomic E-state index is 0.0290. The summed E-state index contributed by atoms with van der Waals surface area (Å²) in [6, 6.07) is 5.23. The predicted molar refractivity (Wildman–Crippen MR) is 49.6 cm³/mol. The maximum atomic E-state index is 11.2. The van der Waals surface area contributed by atoms with Crippen LogP contribution in [0.4, 0.5) is 0 Å². The Morgan fingerprint density at radius 2 is 2.25 bits per heavy atom. The van der Waals surface area contributed by atoms with Gasteiger partial charge >= 0.3 is 0 Å². The van der Waals surface area contributed by atoms with Gasteiger partial charge in [-0.15, -0.1) is 0 Å². The third-order valence-electron chi connectivity index (χ3n) is 1.75. The van der Waals surface area contributed by atoms with Gasteiger partial charge in [-0.25, -0.2) is 0 Å². The van der Waals surface area contributed by atoms with Gasteiger partial charge < -0.3 is 5.73 Å². The Balaban J connectivity index is 3.16. The fourth-order valence-corrected chi connectivity index (χ4v) is 1.19. The van der Waals surface area contributed by atoms with Crippen molar-refractivity contribution in [3.8, 4) is 0 Å². The summed E-state index contributed by atoms with van der Waals surface area (Å²) in [5.41, 5.74) is 6.65. The summed E-state index contributed by atoms with van der Waals surface area (Å²) in [4.78, 5) is 11.2. The van der Waals surface area contributed by atoms with Crippen molar-refractivity contribution in [3.05, 3.63) is 34.3 Å². The molecule has 0 aliphatic carbocycles. The molecule has 0 saturated heterocycles. The van der Waals surface area contributed by atoms with Gasteiger partial charge in [-0.2, -0.15) is 0 Å². The molecule has 0 heterocycles. The van der Waals surface area contributed by atoms with Gasteiger partial charge in [0.1, 0.15) is 0 Å². The van der Waals surface area contributed by atoms with Crippen LogP contribution >= 0.6 is 11.6 Å². The van der Waals surface area contributed by atoms with Crippen LogP contribution in [0.5, 0.6) is 0 Å². The lowest BCUT2D eigenvalue weighted by atomic mass is 10.1. The van der Waals surface area contributed by atoms with Crippen LogP contribution in [-0.4, -0.2) is 12.3 Å². The lowest BCUT2D eigenvalue weighted by molar-refractivity contribution is 0.100. The van der Waals surface area contributed by atoms with E-state index in [1.54, 1.807) is 18.2 Å². The van der Waals surface area contributed by atoms with Gasteiger partial charge in [0, 0.05) is 10.6 Å². The minimum atomic E-state index is -0.0741. The highest BCUT2D eigenvalue weighted by molar-refractivity contribution is 6.31. The van der Waals surface area contributed by atoms with Gasteiger partial charge in [0.15, 0.2) is 5.78 Å². The van der Waals surface area contributed by atoms with Gasteiger partial charge in [-0.1, -0.05) is 23.7 Å². The SMILES string of the molecule is Cc1c(Cl)cccc1C(=O)CN. The molecular weight excluding hydrogens is 174 g/mol. The quantitative estimate of drug-likeness (QED) is 0.711. The Morgan fingerprint density at radius 1 is 1.58 bits per heavy atom. The van der Waals surface area contributed by atoms with E-state index >= 15 is 0 Å². The second kappa shape index (κ2) is 3.70. The molecule has 2 N–H and O–H groups in total. The predicted octanol–water partition coefficient (Wildman–Crippen LogP) is 1.79. The van der Waals surface area contributed by atoms with Crippen molar-refractivity contribution < 1.29 is 4.79 Å². The number of nitrogens with two attached hydrogens (primary N) is 1. The van der Waals surface area contributed by atoms with Crippen molar-refractivity contribution in [1.82, 2.24) is 0 Å². The second-order valence-corrected chi connectivity index (χ2v) is 2.95. The largest absolute Gasteiger partial charge is 0.324 e. The molecule has 2 nitrogen and oxygen atoms in total. The number of carbonyl (C=O) groups is 1. The summed E-state index contributed by atoms with van der Waals surface area (Å²) in [7, 11) is 0. The van der Waals surface area contributed by atoms with Crippen molar-refractivity contribution >= 4 is 17.4 Å². The molecule has 1 aromatic carbocycles. The van der Waals surface area contributed by atoms with Crippen LogP contribution in [0.1, 0.15) is 15.9 Å². The lowest BCUT2D eigenvalue weighted by Gasteiger charge is -2.03. The first-order valence-electron chi connectivity index (χ1n) is 3.65. The standard InChI is InChI=1S/C9H10ClNO/c1-6-7(9(12)5-11)3-2-4-8(6)10/h2-4H,5,11H2,1H3. The van der Waals surface area contributed by atoms with Crippen LogP contribution in [0.3, 0.4) is 0 Å². The Hall–Kier alpha value is -0.860. The van der Waals surface area contributed by atoms with Gasteiger partial charge in [-0.3, -0.25) is 4.79 Å². The Morgan fingerprint density at radius 3 is 2.83 bits per heavy atom. The van der Waals surface area contributed by atoms with Crippen LogP contribution in [0, 0.1) is 6.92 Å². The van der Waals surface area contributed by atoms with E-state index in [0.717, 1.165) is 5.56 Å². The zero-order chi connectivity index (χ0) is 9.14. The lowest BCUT2D eigenvalue weighted by Crippen LogP contribution is -2.14. The van der Waals surface area contributed by atoms with Gasteiger partial charge in [0.25, 0.3) is 0 Å². The maximum absolute atomic E-state index is 11.2. The first-order chi connectivity index (χ1) is 5.66. The number of ketones is 1. The molecule has 0 aliphatic heterocycles. The minimum Gasteiger partial charge on any atom is -0.324 e. The summed E-state index contributed by atoms with van der Waals surface area (Å²) in [6.45, 7) is 1.84. The van der Waals surface area contributed by atoms with Crippen molar-refractivity contribution in [3.63, 3.8) is 0 Å². The van der Waals surface area contributed by atoms with Gasteiger partial charge in [-0.05, 0) is 18.6 Å². The molecule has 0 amide bonds. The normalized spacial score (nSPS) is 9.92. The zero-order valence-corrected chi connectivity index (χ0v) is 7.56. The molecule has 1 aromatic rings. The zero-order valence-electron chi connectivity index (χ0n) is 6.80. The molecular formula is C9H10ClNO. The molecule has 0 atom stereocenters. The average Bonchev–Trinajstić information content (AvgIpc) is 2.08. The molecule has 0 unspecified atom stereocenters. The van der Waals surface area contributed by atoms with Crippen molar-refractivity contribution in [2.45, 2.75) is 6.92 Å². The average molecular weight is 184 g/mol. The van der Waals surface area contributed by atoms with Crippen LogP contribution in [0.15, 0.2) is 18.2 Å². The van der Waals surface area contributed by atoms with E-state index in [-0.39, 0.29) is 12.3 Å². The first kappa shape index (κ1) is 9.23. The van der Waals surface area contributed by atoms with Crippen LogP contribution in [0.2, 0.25) is 5.02 Å². The monoisotopic (exact) mass is 183 g/mol. The second-order valence-electron chi connectivity index (χ2n) is 2.54. The van der Waals surface area contributed by atoms with Gasteiger partial charge in [0.2, 0.25) is 0 Å². The number of hydrogen-bond acceptors (Lipinski definition) is 2. The summed E-state index contributed by atoms with van der Waals surface area (Å²) < 4.78 is 0. The third-order valence-corrected chi connectivity index (χ3v) is 2.16. The van der Waals surface area contributed by atoms with Crippen LogP contribution in [-0.2, 0) is 0 Å². The highest BCUT2D eigenvalue weighted by atomic mass is 35.5. The Kier molecular flexibility index (Phi) is 2.84. The Labute approximate surface area is 76.3 Å². The molecule has 0 spiro atoms. The molecule has 64 valence electrons. The third kappa shape index (κ3) is 1.65. The van der Waals surface area contributed by atoms with Crippen LogP contribution < -0.4 is 5.73 Å². The summed E-state index contributed by atoms with van der Waals surface area (Å²) in [5.74, 6) is -0.0741. The smallest absolute Gasteiger partial charge is 0.176 e. The fraction of sp³-hybridized carbons (Fsp3) is 0.222. The number of hydrogen-bond donors (Lipinski definition) is 1. The van der Waals surface area contributed by atoms with Crippen molar-refractivity contribution in [1.29, 1.82) is 0 Å². The first-order valence-corrected chi connectivity index (χ1v) is 4.03. The molecule has 3 heteroatoms. The molecule has 0 fully saturated rings. The van der Waals surface area contributed by atoms with E-state index in [0.29, 0.717) is 10.6 Å². The highest BCUT2D eigenvalue weighted by Gasteiger charge is 2.07. The number of benzene rings is 1. The molecule has 1 rings (SSSR count). The number of halogens is 1. The Bertz CT molecular complexity index is 309. The number of rotatable bonds is 2. The summed E-state index contributed by atoms with van der Waals surface area (Å²) in [6.07, 6.45) is 0. The molecule has 0 aliphatic rings. The van der Waals surface area contributed by atoms with Crippen LogP contribution in [0.25, 0.3) is 0 Å². The summed E-state index contributed by atoms with van der Waals surface area (Å²) in [5, 5.41) is 0.606. The summed E-state index contributed by atoms with van der Waals surface area (Å²) >= 11 is 5.82. The number of carbonyl (C=O) groups excluding carboxylic acids is 1. The van der Waals surface area contributed by atoms with E-state index in [2.05, 4.69) is 0 Å². The van der Waals surface area contributed by atoms with E-state index < -0.39 is 0 Å². The van der Waals surface area contributed by atoms with E-state index in [4.69, 9.17) is 17.3 Å². The van der Waals surface area contributed by atoms with Crippen molar-refractivity contribution in [2.24, 2.45) is 5.73 Å².